The number of benzene rings is 3. The fourth-order valence-corrected chi connectivity index (χ4v) is 5.05. The van der Waals surface area contributed by atoms with Crippen molar-refractivity contribution in [2.24, 2.45) is 5.92 Å². The Hall–Kier alpha value is -4.13. The zero-order valence-electron chi connectivity index (χ0n) is 20.1. The molecule has 3 aromatic carbocycles. The van der Waals surface area contributed by atoms with Crippen LogP contribution >= 0.6 is 0 Å². The summed E-state index contributed by atoms with van der Waals surface area (Å²) >= 11 is 0. The molecule has 3 amide bonds. The Kier molecular flexibility index (Phi) is 6.98. The van der Waals surface area contributed by atoms with Gasteiger partial charge in [-0.15, -0.1) is 0 Å². The Balaban J connectivity index is 1.16. The van der Waals surface area contributed by atoms with Crippen molar-refractivity contribution >= 4 is 23.4 Å². The predicted octanol–water partition coefficient (Wildman–Crippen LogP) is 3.14. The minimum Gasteiger partial charge on any atom is -0.371 e. The highest BCUT2D eigenvalue weighted by molar-refractivity contribution is 6.05. The summed E-state index contributed by atoms with van der Waals surface area (Å²) in [6, 6.07) is 26.3. The summed E-state index contributed by atoms with van der Waals surface area (Å²) in [7, 11) is 0. The van der Waals surface area contributed by atoms with E-state index in [-0.39, 0.29) is 24.3 Å². The van der Waals surface area contributed by atoms with E-state index in [1.54, 1.807) is 23.1 Å². The molecular weight excluding hydrogens is 452 g/mol. The van der Waals surface area contributed by atoms with E-state index >= 15 is 0 Å². The van der Waals surface area contributed by atoms with Gasteiger partial charge in [-0.1, -0.05) is 66.7 Å². The molecule has 2 heterocycles. The molecule has 5 rings (SSSR count). The zero-order valence-corrected chi connectivity index (χ0v) is 20.1. The second-order valence-electron chi connectivity index (χ2n) is 9.37. The average molecular weight is 483 g/mol. The van der Waals surface area contributed by atoms with Crippen LogP contribution in [-0.2, 0) is 16.1 Å². The number of nitrogens with zero attached hydrogens (tertiary/aromatic N) is 2. The molecule has 0 aliphatic carbocycles. The first-order valence-corrected chi connectivity index (χ1v) is 12.4. The minimum atomic E-state index is -0.768. The standard InChI is InChI=1S/C29H30N4O3/c34-26(30-17-22-15-16-32(19-22)23-11-5-2-6-12-23)18-31-28(35)27-24-13-7-8-14-25(24)29(36)33(27)20-21-9-3-1-4-10-21/h1-14,22,27H,15-20H2,(H,30,34)(H,31,35)/t22-,27-/m1/s1. The van der Waals surface area contributed by atoms with Crippen molar-refractivity contribution in [1.82, 2.24) is 15.5 Å². The van der Waals surface area contributed by atoms with Crippen LogP contribution in [0.3, 0.4) is 0 Å². The first kappa shape index (κ1) is 23.6. The van der Waals surface area contributed by atoms with Crippen molar-refractivity contribution in [2.45, 2.75) is 19.0 Å². The lowest BCUT2D eigenvalue weighted by Gasteiger charge is -2.24. The van der Waals surface area contributed by atoms with E-state index in [9.17, 15) is 14.4 Å². The number of hydrogen-bond acceptors (Lipinski definition) is 4. The monoisotopic (exact) mass is 482 g/mol. The molecule has 0 aromatic heterocycles. The molecule has 0 saturated carbocycles. The number of anilines is 1. The number of rotatable bonds is 8. The topological polar surface area (TPSA) is 81.8 Å². The van der Waals surface area contributed by atoms with Crippen molar-refractivity contribution in [1.29, 1.82) is 0 Å². The van der Waals surface area contributed by atoms with Crippen LogP contribution in [0.15, 0.2) is 84.9 Å². The molecular formula is C29H30N4O3. The van der Waals surface area contributed by atoms with Crippen LogP contribution < -0.4 is 15.5 Å². The summed E-state index contributed by atoms with van der Waals surface area (Å²) < 4.78 is 0. The number of carbonyl (C=O) groups excluding carboxylic acids is 3. The van der Waals surface area contributed by atoms with Gasteiger partial charge in [0.25, 0.3) is 5.91 Å². The van der Waals surface area contributed by atoms with Crippen molar-refractivity contribution in [3.63, 3.8) is 0 Å². The number of para-hydroxylation sites is 1. The summed E-state index contributed by atoms with van der Waals surface area (Å²) in [5, 5.41) is 5.72. The molecule has 3 aromatic rings. The smallest absolute Gasteiger partial charge is 0.255 e. The van der Waals surface area contributed by atoms with Crippen molar-refractivity contribution in [3.8, 4) is 0 Å². The lowest BCUT2D eigenvalue weighted by atomic mass is 10.0. The minimum absolute atomic E-state index is 0.125. The van der Waals surface area contributed by atoms with Crippen LogP contribution in [0.5, 0.6) is 0 Å². The molecule has 184 valence electrons. The van der Waals surface area contributed by atoms with Gasteiger partial charge < -0.3 is 20.4 Å². The van der Waals surface area contributed by atoms with E-state index in [1.165, 1.54) is 5.69 Å². The first-order chi connectivity index (χ1) is 17.6. The molecule has 0 unspecified atom stereocenters. The van der Waals surface area contributed by atoms with Crippen LogP contribution in [0.4, 0.5) is 5.69 Å². The molecule has 2 aliphatic heterocycles. The normalized spacial score (nSPS) is 18.7. The molecule has 0 radical (unpaired) electrons. The predicted molar refractivity (Wildman–Crippen MR) is 138 cm³/mol. The zero-order chi connectivity index (χ0) is 24.9. The second-order valence-corrected chi connectivity index (χ2v) is 9.37. The van der Waals surface area contributed by atoms with Crippen molar-refractivity contribution in [2.75, 3.05) is 31.1 Å². The van der Waals surface area contributed by atoms with Gasteiger partial charge in [0.05, 0.1) is 6.54 Å². The first-order valence-electron chi connectivity index (χ1n) is 12.4. The lowest BCUT2D eigenvalue weighted by Crippen LogP contribution is -2.43. The van der Waals surface area contributed by atoms with Crippen LogP contribution in [0.2, 0.25) is 0 Å². The highest BCUT2D eigenvalue weighted by atomic mass is 16.2. The maximum atomic E-state index is 13.2. The Morgan fingerprint density at radius 2 is 1.56 bits per heavy atom. The van der Waals surface area contributed by atoms with Gasteiger partial charge in [-0.05, 0) is 41.7 Å². The molecule has 7 nitrogen and oxygen atoms in total. The number of amides is 3. The van der Waals surface area contributed by atoms with E-state index in [0.29, 0.717) is 30.1 Å². The number of carbonyl (C=O) groups is 3. The van der Waals surface area contributed by atoms with Gasteiger partial charge in [0.1, 0.15) is 6.04 Å². The number of fused-ring (bicyclic) bond motifs is 1. The summed E-state index contributed by atoms with van der Waals surface area (Å²) in [6.45, 7) is 2.63. The van der Waals surface area contributed by atoms with Crippen LogP contribution in [0.25, 0.3) is 0 Å². The Bertz CT molecular complexity index is 1230. The van der Waals surface area contributed by atoms with Crippen molar-refractivity contribution in [3.05, 3.63) is 102 Å². The average Bonchev–Trinajstić information content (AvgIpc) is 3.50. The maximum Gasteiger partial charge on any atom is 0.255 e. The number of nitrogens with one attached hydrogen (secondary N) is 2. The molecule has 2 atom stereocenters. The van der Waals surface area contributed by atoms with Gasteiger partial charge in [0, 0.05) is 37.4 Å². The molecule has 0 spiro atoms. The van der Waals surface area contributed by atoms with Gasteiger partial charge in [0.2, 0.25) is 11.8 Å². The summed E-state index contributed by atoms with van der Waals surface area (Å²) in [4.78, 5) is 42.8. The van der Waals surface area contributed by atoms with E-state index in [1.807, 2.05) is 54.6 Å². The van der Waals surface area contributed by atoms with Gasteiger partial charge in [0.15, 0.2) is 0 Å². The van der Waals surface area contributed by atoms with E-state index < -0.39 is 6.04 Å². The molecule has 0 bridgehead atoms. The molecule has 36 heavy (non-hydrogen) atoms. The fourth-order valence-electron chi connectivity index (χ4n) is 5.05. The van der Waals surface area contributed by atoms with Crippen LogP contribution in [-0.4, -0.2) is 48.8 Å². The van der Waals surface area contributed by atoms with E-state index in [2.05, 4.69) is 27.7 Å². The Morgan fingerprint density at radius 1 is 0.861 bits per heavy atom. The van der Waals surface area contributed by atoms with E-state index in [4.69, 9.17) is 0 Å². The van der Waals surface area contributed by atoms with Gasteiger partial charge in [-0.3, -0.25) is 14.4 Å². The Morgan fingerprint density at radius 3 is 2.33 bits per heavy atom. The third-order valence-corrected chi connectivity index (χ3v) is 6.92. The maximum absolute atomic E-state index is 13.2. The largest absolute Gasteiger partial charge is 0.371 e. The third kappa shape index (κ3) is 5.10. The van der Waals surface area contributed by atoms with Gasteiger partial charge in [-0.2, -0.15) is 0 Å². The van der Waals surface area contributed by atoms with Gasteiger partial charge >= 0.3 is 0 Å². The van der Waals surface area contributed by atoms with E-state index in [0.717, 1.165) is 25.1 Å². The Labute approximate surface area is 211 Å². The summed E-state index contributed by atoms with van der Waals surface area (Å²) in [5.74, 6) is -0.391. The molecule has 2 N–H and O–H groups in total. The number of hydrogen-bond donors (Lipinski definition) is 2. The SMILES string of the molecule is O=C(CNC(=O)[C@H]1c2ccccc2C(=O)N1Cc1ccccc1)NC[C@H]1CCN(c2ccccc2)C1. The molecule has 7 heteroatoms. The van der Waals surface area contributed by atoms with Crippen LogP contribution in [0.1, 0.15) is 33.9 Å². The second kappa shape index (κ2) is 10.6. The highest BCUT2D eigenvalue weighted by Crippen LogP contribution is 2.35. The highest BCUT2D eigenvalue weighted by Gasteiger charge is 2.40. The fraction of sp³-hybridized carbons (Fsp3) is 0.276. The molecule has 1 fully saturated rings. The lowest BCUT2D eigenvalue weighted by molar-refractivity contribution is -0.129. The van der Waals surface area contributed by atoms with Gasteiger partial charge in [-0.25, -0.2) is 0 Å². The van der Waals surface area contributed by atoms with Crippen molar-refractivity contribution < 1.29 is 14.4 Å². The molecule has 2 aliphatic rings. The quantitative estimate of drug-likeness (QED) is 0.517. The summed E-state index contributed by atoms with van der Waals surface area (Å²) in [6.07, 6.45) is 1.01. The van der Waals surface area contributed by atoms with Crippen LogP contribution in [0, 0.1) is 5.92 Å². The third-order valence-electron chi connectivity index (χ3n) is 6.92. The molecule has 1 saturated heterocycles. The summed E-state index contributed by atoms with van der Waals surface area (Å²) in [5.41, 5.74) is 3.34.